The molecular formula is C25H22BrN5O3. The molecule has 9 heteroatoms. The second kappa shape index (κ2) is 10.0. The van der Waals surface area contributed by atoms with E-state index in [1.807, 2.05) is 36.4 Å². The topological polar surface area (TPSA) is 106 Å². The van der Waals surface area contributed by atoms with Gasteiger partial charge in [-0.1, -0.05) is 40.2 Å². The zero-order valence-electron chi connectivity index (χ0n) is 18.4. The molecule has 8 nitrogen and oxygen atoms in total. The van der Waals surface area contributed by atoms with Crippen LogP contribution in [0.4, 0.5) is 5.69 Å². The first-order valence-corrected chi connectivity index (χ1v) is 11.5. The minimum Gasteiger partial charge on any atom is -0.331 e. The predicted molar refractivity (Wildman–Crippen MR) is 131 cm³/mol. The summed E-state index contributed by atoms with van der Waals surface area (Å²) in [5.41, 5.74) is 0.884. The van der Waals surface area contributed by atoms with Crippen LogP contribution in [-0.4, -0.2) is 58.7 Å². The Labute approximate surface area is 205 Å². The van der Waals surface area contributed by atoms with Gasteiger partial charge in [0.1, 0.15) is 11.7 Å². The lowest BCUT2D eigenvalue weighted by molar-refractivity contribution is -0.131. The van der Waals surface area contributed by atoms with E-state index in [-0.39, 0.29) is 37.0 Å². The van der Waals surface area contributed by atoms with Crippen LogP contribution >= 0.6 is 15.9 Å². The summed E-state index contributed by atoms with van der Waals surface area (Å²) in [6.45, 7) is -0.0923. The highest BCUT2D eigenvalue weighted by molar-refractivity contribution is 9.10. The van der Waals surface area contributed by atoms with Crippen molar-refractivity contribution in [2.24, 2.45) is 5.92 Å². The fraction of sp³-hybridized carbons (Fsp3) is 0.240. The summed E-state index contributed by atoms with van der Waals surface area (Å²) in [6.07, 6.45) is 1.87. The molecule has 1 aliphatic rings. The number of likely N-dealkylation sites (N-methyl/N-ethyl adjacent to an activating group) is 1. The number of fused-ring (bicyclic) bond motifs is 1. The number of hydrogen-bond donors (Lipinski definition) is 1. The lowest BCUT2D eigenvalue weighted by atomic mass is 10.1. The van der Waals surface area contributed by atoms with Crippen LogP contribution < -0.4 is 5.32 Å². The summed E-state index contributed by atoms with van der Waals surface area (Å²) in [4.78, 5) is 45.4. The fourth-order valence-corrected chi connectivity index (χ4v) is 4.36. The summed E-state index contributed by atoms with van der Waals surface area (Å²) in [5, 5.41) is 14.1. The van der Waals surface area contributed by atoms with Crippen molar-refractivity contribution >= 4 is 50.1 Å². The van der Waals surface area contributed by atoms with Crippen LogP contribution in [0.2, 0.25) is 0 Å². The van der Waals surface area contributed by atoms with Crippen molar-refractivity contribution in [2.45, 2.75) is 12.5 Å². The molecule has 4 rings (SSSR count). The Balaban J connectivity index is 1.40. The Morgan fingerprint density at radius 3 is 2.68 bits per heavy atom. The molecule has 2 aromatic carbocycles. The van der Waals surface area contributed by atoms with Crippen molar-refractivity contribution in [3.05, 3.63) is 71.0 Å². The highest BCUT2D eigenvalue weighted by Gasteiger charge is 2.39. The molecule has 34 heavy (non-hydrogen) atoms. The summed E-state index contributed by atoms with van der Waals surface area (Å²) in [7, 11) is 1.52. The maximum Gasteiger partial charge on any atom is 0.272 e. The van der Waals surface area contributed by atoms with Gasteiger partial charge in [0, 0.05) is 35.3 Å². The number of nitrogens with zero attached hydrogens (tertiary/aromatic N) is 4. The smallest absolute Gasteiger partial charge is 0.272 e. The van der Waals surface area contributed by atoms with E-state index in [0.717, 1.165) is 15.2 Å². The number of benzene rings is 2. The molecule has 2 unspecified atom stereocenters. The average Bonchev–Trinajstić information content (AvgIpc) is 3.29. The summed E-state index contributed by atoms with van der Waals surface area (Å²) in [5.74, 6) is -1.53. The lowest BCUT2D eigenvalue weighted by Gasteiger charge is -2.23. The van der Waals surface area contributed by atoms with Gasteiger partial charge in [-0.2, -0.15) is 5.26 Å². The molecule has 0 radical (unpaired) electrons. The maximum atomic E-state index is 13.0. The number of para-hydroxylation sites is 1. The highest BCUT2D eigenvalue weighted by Crippen LogP contribution is 2.25. The Morgan fingerprint density at radius 2 is 1.94 bits per heavy atom. The summed E-state index contributed by atoms with van der Waals surface area (Å²) in [6, 6.07) is 17.8. The van der Waals surface area contributed by atoms with E-state index in [1.54, 1.807) is 24.4 Å². The van der Waals surface area contributed by atoms with Crippen LogP contribution in [0.3, 0.4) is 0 Å². The fourth-order valence-electron chi connectivity index (χ4n) is 3.98. The van der Waals surface area contributed by atoms with Crippen molar-refractivity contribution in [3.8, 4) is 6.07 Å². The maximum absolute atomic E-state index is 13.0. The second-order valence-corrected chi connectivity index (χ2v) is 9.12. The van der Waals surface area contributed by atoms with Gasteiger partial charge in [0.2, 0.25) is 11.8 Å². The van der Waals surface area contributed by atoms with Gasteiger partial charge >= 0.3 is 0 Å². The number of anilines is 1. The molecule has 1 fully saturated rings. The quantitative estimate of drug-likeness (QED) is 0.555. The molecule has 1 aromatic heterocycles. The van der Waals surface area contributed by atoms with Crippen molar-refractivity contribution < 1.29 is 14.4 Å². The molecule has 3 amide bonds. The number of carbonyl (C=O) groups excluding carboxylic acids is 3. The standard InChI is InChI=1S/C25H22BrN5O3/c1-30(25(34)22-11-16-7-8-19(26)9-17(16)13-28-22)15-23(32)31-14-18(10-21(31)12-27)24(33)29-20-5-3-2-4-6-20/h2-9,11,13,18,21H,10,14-15H2,1H3,(H,29,33). The third-order valence-electron chi connectivity index (χ3n) is 5.80. The molecule has 1 N–H and O–H groups in total. The third-order valence-corrected chi connectivity index (χ3v) is 6.30. The van der Waals surface area contributed by atoms with Crippen LogP contribution in [-0.2, 0) is 9.59 Å². The van der Waals surface area contributed by atoms with E-state index in [2.05, 4.69) is 32.3 Å². The molecule has 1 aliphatic heterocycles. The minimum atomic E-state index is -0.722. The molecule has 0 aliphatic carbocycles. The third kappa shape index (κ3) is 5.07. The Kier molecular flexibility index (Phi) is 6.89. The molecule has 0 saturated carbocycles. The van der Waals surface area contributed by atoms with Gasteiger partial charge in [-0.05, 0) is 42.1 Å². The largest absolute Gasteiger partial charge is 0.331 e. The van der Waals surface area contributed by atoms with Gasteiger partial charge < -0.3 is 15.1 Å². The van der Waals surface area contributed by atoms with Gasteiger partial charge in [-0.25, -0.2) is 0 Å². The van der Waals surface area contributed by atoms with Crippen LogP contribution in [0.25, 0.3) is 10.8 Å². The highest BCUT2D eigenvalue weighted by atomic mass is 79.9. The molecular weight excluding hydrogens is 498 g/mol. The Hall–Kier alpha value is -3.77. The van der Waals surface area contributed by atoms with E-state index in [1.165, 1.54) is 16.8 Å². The molecule has 2 heterocycles. The molecule has 172 valence electrons. The molecule has 0 bridgehead atoms. The van der Waals surface area contributed by atoms with Gasteiger partial charge in [-0.3, -0.25) is 19.4 Å². The summed E-state index contributed by atoms with van der Waals surface area (Å²) >= 11 is 3.41. The van der Waals surface area contributed by atoms with E-state index < -0.39 is 17.9 Å². The van der Waals surface area contributed by atoms with Gasteiger partial charge in [-0.15, -0.1) is 0 Å². The lowest BCUT2D eigenvalue weighted by Crippen LogP contribution is -2.43. The average molecular weight is 520 g/mol. The van der Waals surface area contributed by atoms with Gasteiger partial charge in [0.05, 0.1) is 18.5 Å². The number of amides is 3. The number of halogens is 1. The molecule has 0 spiro atoms. The normalized spacial score (nSPS) is 17.3. The Bertz CT molecular complexity index is 1290. The first kappa shape index (κ1) is 23.4. The van der Waals surface area contributed by atoms with Gasteiger partial charge in [0.25, 0.3) is 5.91 Å². The van der Waals surface area contributed by atoms with Gasteiger partial charge in [0.15, 0.2) is 0 Å². The zero-order valence-corrected chi connectivity index (χ0v) is 20.0. The monoisotopic (exact) mass is 519 g/mol. The first-order valence-electron chi connectivity index (χ1n) is 10.7. The zero-order chi connectivity index (χ0) is 24.2. The van der Waals surface area contributed by atoms with Crippen molar-refractivity contribution in [1.29, 1.82) is 5.26 Å². The van der Waals surface area contributed by atoms with Crippen LogP contribution in [0, 0.1) is 17.2 Å². The number of pyridine rings is 1. The van der Waals surface area contributed by atoms with Crippen molar-refractivity contribution in [3.63, 3.8) is 0 Å². The number of aromatic nitrogens is 1. The summed E-state index contributed by atoms with van der Waals surface area (Å²) < 4.78 is 0.914. The molecule has 1 saturated heterocycles. The number of nitrogens with one attached hydrogen (secondary N) is 1. The SMILES string of the molecule is CN(CC(=O)N1CC(C(=O)Nc2ccccc2)CC1C#N)C(=O)c1cc2ccc(Br)cc2cn1. The Morgan fingerprint density at radius 1 is 1.18 bits per heavy atom. The van der Waals surface area contributed by atoms with Crippen LogP contribution in [0.15, 0.2) is 65.3 Å². The van der Waals surface area contributed by atoms with Crippen LogP contribution in [0.5, 0.6) is 0 Å². The number of carbonyl (C=O) groups is 3. The van der Waals surface area contributed by atoms with Crippen LogP contribution in [0.1, 0.15) is 16.9 Å². The van der Waals surface area contributed by atoms with Crippen molar-refractivity contribution in [2.75, 3.05) is 25.5 Å². The number of hydrogen-bond acceptors (Lipinski definition) is 5. The second-order valence-electron chi connectivity index (χ2n) is 8.20. The number of likely N-dealkylation sites (tertiary alicyclic amines) is 1. The van der Waals surface area contributed by atoms with E-state index in [9.17, 15) is 19.6 Å². The first-order chi connectivity index (χ1) is 16.4. The van der Waals surface area contributed by atoms with E-state index in [0.29, 0.717) is 5.69 Å². The van der Waals surface area contributed by atoms with Crippen molar-refractivity contribution in [1.82, 2.24) is 14.8 Å². The molecule has 3 aromatic rings. The minimum absolute atomic E-state index is 0.126. The molecule has 2 atom stereocenters. The number of rotatable bonds is 5. The van der Waals surface area contributed by atoms with E-state index in [4.69, 9.17) is 0 Å². The number of nitriles is 1. The predicted octanol–water partition coefficient (Wildman–Crippen LogP) is 3.45. The van der Waals surface area contributed by atoms with E-state index >= 15 is 0 Å².